The van der Waals surface area contributed by atoms with E-state index in [0.29, 0.717) is 17.1 Å². The zero-order valence-corrected chi connectivity index (χ0v) is 13.3. The number of nitrogens with one attached hydrogen (secondary N) is 1. The predicted octanol–water partition coefficient (Wildman–Crippen LogP) is 4.05. The fourth-order valence-corrected chi connectivity index (χ4v) is 3.07. The van der Waals surface area contributed by atoms with Crippen molar-refractivity contribution in [1.82, 2.24) is 0 Å². The van der Waals surface area contributed by atoms with Crippen LogP contribution in [0.25, 0.3) is 0 Å². The van der Waals surface area contributed by atoms with E-state index in [9.17, 15) is 4.79 Å². The number of carbonyl (C=O) groups excluding carboxylic acids is 1. The lowest BCUT2D eigenvalue weighted by molar-refractivity contribution is 0.102. The van der Waals surface area contributed by atoms with E-state index in [1.165, 1.54) is 0 Å². The van der Waals surface area contributed by atoms with E-state index >= 15 is 0 Å². The van der Waals surface area contributed by atoms with Crippen molar-refractivity contribution in [1.29, 1.82) is 0 Å². The normalized spacial score (nSPS) is 12.3. The molecule has 0 aromatic heterocycles. The van der Waals surface area contributed by atoms with E-state index in [0.717, 1.165) is 21.3 Å². The van der Waals surface area contributed by atoms with Crippen LogP contribution in [-0.2, 0) is 0 Å². The molecule has 0 saturated carbocycles. The third-order valence-corrected chi connectivity index (χ3v) is 3.93. The molecule has 0 saturated heterocycles. The smallest absolute Gasteiger partial charge is 0.255 e. The van der Waals surface area contributed by atoms with E-state index in [1.807, 2.05) is 26.0 Å². The predicted molar refractivity (Wildman–Crippen MR) is 84.1 cm³/mol. The zero-order chi connectivity index (χ0) is 15.0. The fraction of sp³-hybridized carbons (Fsp3) is 0.188. The number of halogens is 1. The van der Waals surface area contributed by atoms with Gasteiger partial charge in [-0.05, 0) is 65.2 Å². The van der Waals surface area contributed by atoms with Gasteiger partial charge in [-0.1, -0.05) is 6.07 Å². The number of rotatable bonds is 2. The second-order valence-electron chi connectivity index (χ2n) is 4.96. The van der Waals surface area contributed by atoms with Gasteiger partial charge in [-0.2, -0.15) is 0 Å². The summed E-state index contributed by atoms with van der Waals surface area (Å²) in [6.45, 7) is 4.18. The second-order valence-corrected chi connectivity index (χ2v) is 5.82. The molecule has 5 heteroatoms. The highest BCUT2D eigenvalue weighted by atomic mass is 79.9. The van der Waals surface area contributed by atoms with Crippen LogP contribution in [-0.4, -0.2) is 12.7 Å². The van der Waals surface area contributed by atoms with Gasteiger partial charge >= 0.3 is 0 Å². The van der Waals surface area contributed by atoms with Crippen molar-refractivity contribution in [3.63, 3.8) is 0 Å². The van der Waals surface area contributed by atoms with Crippen molar-refractivity contribution in [2.75, 3.05) is 12.1 Å². The molecule has 0 radical (unpaired) electrons. The Morgan fingerprint density at radius 3 is 2.67 bits per heavy atom. The summed E-state index contributed by atoms with van der Waals surface area (Å²) in [4.78, 5) is 12.4. The Morgan fingerprint density at radius 2 is 1.90 bits per heavy atom. The number of carbonyl (C=O) groups is 1. The number of fused-ring (bicyclic) bond motifs is 1. The van der Waals surface area contributed by atoms with Gasteiger partial charge in [0.1, 0.15) is 0 Å². The summed E-state index contributed by atoms with van der Waals surface area (Å²) in [6, 6.07) is 9.16. The topological polar surface area (TPSA) is 47.6 Å². The standard InChI is InChI=1S/C16H14BrNO3/c1-9-5-10(2)15(12(17)6-9)18-16(19)11-3-4-13-14(7-11)21-8-20-13/h3-7H,8H2,1-2H3,(H,18,19). The zero-order valence-electron chi connectivity index (χ0n) is 11.7. The summed E-state index contributed by atoms with van der Waals surface area (Å²) >= 11 is 3.49. The van der Waals surface area contributed by atoms with Crippen molar-refractivity contribution in [2.24, 2.45) is 0 Å². The monoisotopic (exact) mass is 347 g/mol. The first-order valence-corrected chi connectivity index (χ1v) is 7.31. The number of amides is 1. The van der Waals surface area contributed by atoms with Gasteiger partial charge in [0.25, 0.3) is 5.91 Å². The molecule has 1 amide bonds. The molecule has 2 aromatic carbocycles. The van der Waals surface area contributed by atoms with Gasteiger partial charge < -0.3 is 14.8 Å². The minimum absolute atomic E-state index is 0.180. The Kier molecular flexibility index (Phi) is 3.59. The SMILES string of the molecule is Cc1cc(C)c(NC(=O)c2ccc3c(c2)OCO3)c(Br)c1. The summed E-state index contributed by atoms with van der Waals surface area (Å²) in [5.74, 6) is 1.09. The van der Waals surface area contributed by atoms with E-state index in [2.05, 4.69) is 21.2 Å². The van der Waals surface area contributed by atoms with E-state index in [4.69, 9.17) is 9.47 Å². The van der Waals surface area contributed by atoms with E-state index in [1.54, 1.807) is 18.2 Å². The average molecular weight is 348 g/mol. The first-order chi connectivity index (χ1) is 10.0. The molecule has 0 atom stereocenters. The maximum Gasteiger partial charge on any atom is 0.255 e. The van der Waals surface area contributed by atoms with Crippen LogP contribution in [0, 0.1) is 13.8 Å². The summed E-state index contributed by atoms with van der Waals surface area (Å²) in [6.07, 6.45) is 0. The van der Waals surface area contributed by atoms with Crippen LogP contribution in [0.3, 0.4) is 0 Å². The summed E-state index contributed by atoms with van der Waals surface area (Å²) < 4.78 is 11.4. The highest BCUT2D eigenvalue weighted by Gasteiger charge is 2.17. The van der Waals surface area contributed by atoms with Gasteiger partial charge in [-0.25, -0.2) is 0 Å². The van der Waals surface area contributed by atoms with Crippen molar-refractivity contribution in [3.05, 3.63) is 51.5 Å². The van der Waals surface area contributed by atoms with Gasteiger partial charge in [-0.15, -0.1) is 0 Å². The number of ether oxygens (including phenoxy) is 2. The lowest BCUT2D eigenvalue weighted by Crippen LogP contribution is -2.13. The van der Waals surface area contributed by atoms with E-state index in [-0.39, 0.29) is 12.7 Å². The summed E-state index contributed by atoms with van der Waals surface area (Å²) in [5, 5.41) is 2.93. The minimum Gasteiger partial charge on any atom is -0.454 e. The Hall–Kier alpha value is -2.01. The van der Waals surface area contributed by atoms with Gasteiger partial charge in [0.05, 0.1) is 5.69 Å². The largest absolute Gasteiger partial charge is 0.454 e. The van der Waals surface area contributed by atoms with Gasteiger partial charge in [0, 0.05) is 10.0 Å². The molecule has 0 fully saturated rings. The maximum absolute atomic E-state index is 12.4. The third kappa shape index (κ3) is 2.74. The Morgan fingerprint density at radius 1 is 1.14 bits per heavy atom. The lowest BCUT2D eigenvalue weighted by atomic mass is 10.1. The molecule has 3 rings (SSSR count). The van der Waals surface area contributed by atoms with Crippen LogP contribution in [0.4, 0.5) is 5.69 Å². The molecule has 4 nitrogen and oxygen atoms in total. The van der Waals surface area contributed by atoms with Gasteiger partial charge in [-0.3, -0.25) is 4.79 Å². The maximum atomic E-state index is 12.4. The third-order valence-electron chi connectivity index (χ3n) is 3.31. The molecule has 1 heterocycles. The van der Waals surface area contributed by atoms with Crippen LogP contribution in [0.2, 0.25) is 0 Å². The van der Waals surface area contributed by atoms with Gasteiger partial charge in [0.15, 0.2) is 11.5 Å². The lowest BCUT2D eigenvalue weighted by Gasteiger charge is -2.12. The minimum atomic E-state index is -0.180. The number of anilines is 1. The molecule has 0 spiro atoms. The van der Waals surface area contributed by atoms with E-state index < -0.39 is 0 Å². The Bertz CT molecular complexity index is 704. The van der Waals surface area contributed by atoms with Crippen LogP contribution < -0.4 is 14.8 Å². The molecule has 1 aliphatic rings. The first-order valence-electron chi connectivity index (χ1n) is 6.52. The molecule has 108 valence electrons. The quantitative estimate of drug-likeness (QED) is 0.891. The molecule has 1 N–H and O–H groups in total. The van der Waals surface area contributed by atoms with Crippen molar-refractivity contribution in [3.8, 4) is 11.5 Å². The summed E-state index contributed by atoms with van der Waals surface area (Å²) in [5.41, 5.74) is 3.46. The molecule has 0 bridgehead atoms. The number of hydrogen-bond donors (Lipinski definition) is 1. The fourth-order valence-electron chi connectivity index (χ4n) is 2.30. The van der Waals surface area contributed by atoms with Crippen LogP contribution >= 0.6 is 15.9 Å². The molecular weight excluding hydrogens is 334 g/mol. The van der Waals surface area contributed by atoms with Crippen molar-refractivity contribution in [2.45, 2.75) is 13.8 Å². The average Bonchev–Trinajstić information content (AvgIpc) is 2.89. The Balaban J connectivity index is 1.87. The molecule has 21 heavy (non-hydrogen) atoms. The number of benzene rings is 2. The summed E-state index contributed by atoms with van der Waals surface area (Å²) in [7, 11) is 0. The molecule has 0 aliphatic carbocycles. The molecule has 2 aromatic rings. The second kappa shape index (κ2) is 5.41. The highest BCUT2D eigenvalue weighted by Crippen LogP contribution is 2.33. The number of hydrogen-bond acceptors (Lipinski definition) is 3. The van der Waals surface area contributed by atoms with Crippen molar-refractivity contribution < 1.29 is 14.3 Å². The highest BCUT2D eigenvalue weighted by molar-refractivity contribution is 9.10. The van der Waals surface area contributed by atoms with Crippen LogP contribution in [0.1, 0.15) is 21.5 Å². The van der Waals surface area contributed by atoms with Crippen LogP contribution in [0.5, 0.6) is 11.5 Å². The Labute approximate surface area is 131 Å². The number of aryl methyl sites for hydroxylation is 2. The molecule has 0 unspecified atom stereocenters. The molecular formula is C16H14BrNO3. The van der Waals surface area contributed by atoms with Crippen molar-refractivity contribution >= 4 is 27.5 Å². The molecule has 1 aliphatic heterocycles. The van der Waals surface area contributed by atoms with Crippen LogP contribution in [0.15, 0.2) is 34.8 Å². The first kappa shape index (κ1) is 13.9. The van der Waals surface area contributed by atoms with Gasteiger partial charge in [0.2, 0.25) is 6.79 Å².